The molecule has 0 amide bonds. The van der Waals surface area contributed by atoms with Gasteiger partial charge in [-0.1, -0.05) is 6.07 Å². The number of rotatable bonds is 5. The molecule has 1 rings (SSSR count). The molecule has 0 aromatic heterocycles. The molecular formula is C11H12F2O3. The molecule has 0 radical (unpaired) electrons. The first-order valence-corrected chi connectivity index (χ1v) is 4.71. The lowest BCUT2D eigenvalue weighted by Crippen LogP contribution is -1.99. The fourth-order valence-electron chi connectivity index (χ4n) is 1.34. The average Bonchev–Trinajstić information content (AvgIpc) is 2.25. The van der Waals surface area contributed by atoms with Crippen molar-refractivity contribution in [3.8, 4) is 5.75 Å². The van der Waals surface area contributed by atoms with Crippen LogP contribution in [0.15, 0.2) is 18.2 Å². The fourth-order valence-corrected chi connectivity index (χ4v) is 1.34. The molecule has 88 valence electrons. The highest BCUT2D eigenvalue weighted by Gasteiger charge is 2.14. The third-order valence-electron chi connectivity index (χ3n) is 2.16. The summed E-state index contributed by atoms with van der Waals surface area (Å²) in [5.74, 6) is -0.824. The second-order valence-electron chi connectivity index (χ2n) is 3.27. The summed E-state index contributed by atoms with van der Waals surface area (Å²) in [6, 6.07) is 4.21. The second-order valence-corrected chi connectivity index (χ2v) is 3.27. The minimum absolute atomic E-state index is 0.0306. The smallest absolute Gasteiger partial charge is 0.303 e. The van der Waals surface area contributed by atoms with E-state index in [9.17, 15) is 13.6 Å². The van der Waals surface area contributed by atoms with Crippen LogP contribution in [0.2, 0.25) is 0 Å². The third-order valence-corrected chi connectivity index (χ3v) is 2.16. The lowest BCUT2D eigenvalue weighted by atomic mass is 10.1. The number of benzene rings is 1. The number of halogens is 2. The van der Waals surface area contributed by atoms with E-state index in [1.54, 1.807) is 0 Å². The van der Waals surface area contributed by atoms with Gasteiger partial charge in [-0.25, -0.2) is 8.78 Å². The molecule has 1 aromatic carbocycles. The van der Waals surface area contributed by atoms with Crippen molar-refractivity contribution >= 4 is 5.97 Å². The van der Waals surface area contributed by atoms with Crippen molar-refractivity contribution in [3.63, 3.8) is 0 Å². The number of methoxy groups -OCH3 is 1. The highest BCUT2D eigenvalue weighted by atomic mass is 19.3. The van der Waals surface area contributed by atoms with Crippen molar-refractivity contribution in [3.05, 3.63) is 29.3 Å². The van der Waals surface area contributed by atoms with Gasteiger partial charge in [-0.2, -0.15) is 0 Å². The molecule has 0 aliphatic heterocycles. The summed E-state index contributed by atoms with van der Waals surface area (Å²) in [6.07, 6.45) is -2.32. The summed E-state index contributed by atoms with van der Waals surface area (Å²) >= 11 is 0. The minimum Gasteiger partial charge on any atom is -0.496 e. The zero-order chi connectivity index (χ0) is 12.1. The molecule has 16 heavy (non-hydrogen) atoms. The van der Waals surface area contributed by atoms with Crippen LogP contribution < -0.4 is 4.74 Å². The Balaban J connectivity index is 2.86. The van der Waals surface area contributed by atoms with Gasteiger partial charge in [-0.05, 0) is 24.1 Å². The second kappa shape index (κ2) is 5.44. The van der Waals surface area contributed by atoms with Crippen LogP contribution in [-0.2, 0) is 11.2 Å². The summed E-state index contributed by atoms with van der Waals surface area (Å²) in [5, 5.41) is 8.49. The van der Waals surface area contributed by atoms with Gasteiger partial charge in [0.15, 0.2) is 0 Å². The fraction of sp³-hybridized carbons (Fsp3) is 0.364. The molecule has 0 unspecified atom stereocenters. The number of hydrogen-bond acceptors (Lipinski definition) is 2. The van der Waals surface area contributed by atoms with E-state index in [2.05, 4.69) is 0 Å². The van der Waals surface area contributed by atoms with E-state index in [-0.39, 0.29) is 17.7 Å². The van der Waals surface area contributed by atoms with Crippen LogP contribution in [0.1, 0.15) is 24.0 Å². The van der Waals surface area contributed by atoms with Crippen LogP contribution >= 0.6 is 0 Å². The predicted molar refractivity (Wildman–Crippen MR) is 53.9 cm³/mol. The lowest BCUT2D eigenvalue weighted by Gasteiger charge is -2.09. The van der Waals surface area contributed by atoms with Gasteiger partial charge < -0.3 is 9.84 Å². The number of carboxylic acid groups (broad SMARTS) is 1. The number of aryl methyl sites for hydroxylation is 1. The maximum atomic E-state index is 12.5. The van der Waals surface area contributed by atoms with Crippen molar-refractivity contribution in [1.29, 1.82) is 0 Å². The molecule has 0 saturated heterocycles. The normalized spacial score (nSPS) is 10.5. The number of ether oxygens (including phenoxy) is 1. The Morgan fingerprint density at radius 2 is 2.19 bits per heavy atom. The van der Waals surface area contributed by atoms with Crippen LogP contribution in [0.5, 0.6) is 5.75 Å². The molecule has 1 aromatic rings. The van der Waals surface area contributed by atoms with Gasteiger partial charge in [0, 0.05) is 6.42 Å². The molecule has 3 nitrogen and oxygen atoms in total. The molecule has 0 atom stereocenters. The van der Waals surface area contributed by atoms with Crippen molar-refractivity contribution in [2.45, 2.75) is 19.3 Å². The van der Waals surface area contributed by atoms with E-state index < -0.39 is 12.4 Å². The first-order valence-electron chi connectivity index (χ1n) is 4.71. The van der Waals surface area contributed by atoms with Crippen LogP contribution in [0.25, 0.3) is 0 Å². The molecule has 0 saturated carbocycles. The molecule has 0 heterocycles. The predicted octanol–water partition coefficient (Wildman–Crippen LogP) is 2.65. The Morgan fingerprint density at radius 3 is 2.69 bits per heavy atom. The Hall–Kier alpha value is -1.65. The quantitative estimate of drug-likeness (QED) is 0.845. The maximum Gasteiger partial charge on any atom is 0.303 e. The molecular weight excluding hydrogens is 218 g/mol. The van der Waals surface area contributed by atoms with Crippen molar-refractivity contribution in [2.24, 2.45) is 0 Å². The van der Waals surface area contributed by atoms with E-state index in [1.165, 1.54) is 25.3 Å². The van der Waals surface area contributed by atoms with Gasteiger partial charge in [-0.3, -0.25) is 4.79 Å². The zero-order valence-electron chi connectivity index (χ0n) is 8.74. The molecule has 0 spiro atoms. The van der Waals surface area contributed by atoms with Gasteiger partial charge in [0.1, 0.15) is 5.75 Å². The summed E-state index contributed by atoms with van der Waals surface area (Å²) in [4.78, 5) is 10.4. The Labute approximate surface area is 91.7 Å². The van der Waals surface area contributed by atoms with E-state index in [4.69, 9.17) is 9.84 Å². The summed E-state index contributed by atoms with van der Waals surface area (Å²) in [5.41, 5.74) is 0.491. The molecule has 0 aliphatic rings. The van der Waals surface area contributed by atoms with Crippen molar-refractivity contribution in [1.82, 2.24) is 0 Å². The largest absolute Gasteiger partial charge is 0.496 e. The number of aliphatic carboxylic acids is 1. The zero-order valence-corrected chi connectivity index (χ0v) is 8.74. The number of carbonyl (C=O) groups is 1. The first-order chi connectivity index (χ1) is 7.54. The topological polar surface area (TPSA) is 46.5 Å². The summed E-state index contributed by atoms with van der Waals surface area (Å²) < 4.78 is 29.8. The van der Waals surface area contributed by atoms with Crippen molar-refractivity contribution in [2.75, 3.05) is 7.11 Å². The molecule has 0 aliphatic carbocycles. The van der Waals surface area contributed by atoms with Crippen LogP contribution in [0.4, 0.5) is 8.78 Å². The van der Waals surface area contributed by atoms with Gasteiger partial charge in [0.05, 0.1) is 12.7 Å². The number of carboxylic acids is 1. The number of hydrogen-bond donors (Lipinski definition) is 1. The standard InChI is InChI=1S/C11H12F2O3/c1-16-9-6-7(3-5-10(14)15)2-4-8(9)11(12)13/h2,4,6,11H,3,5H2,1H3,(H,14,15). The average molecular weight is 230 g/mol. The molecule has 5 heteroatoms. The molecule has 0 bridgehead atoms. The van der Waals surface area contributed by atoms with Gasteiger partial charge in [0.2, 0.25) is 0 Å². The van der Waals surface area contributed by atoms with E-state index >= 15 is 0 Å². The molecule has 0 fully saturated rings. The SMILES string of the molecule is COc1cc(CCC(=O)O)ccc1C(F)F. The van der Waals surface area contributed by atoms with Gasteiger partial charge >= 0.3 is 5.97 Å². The highest BCUT2D eigenvalue weighted by Crippen LogP contribution is 2.29. The van der Waals surface area contributed by atoms with Gasteiger partial charge in [0.25, 0.3) is 6.43 Å². The molecule has 1 N–H and O–H groups in total. The Bertz CT molecular complexity index is 377. The highest BCUT2D eigenvalue weighted by molar-refractivity contribution is 5.67. The first kappa shape index (κ1) is 12.4. The Kier molecular flexibility index (Phi) is 4.22. The number of alkyl halides is 2. The maximum absolute atomic E-state index is 12.5. The third kappa shape index (κ3) is 3.18. The Morgan fingerprint density at radius 1 is 1.50 bits per heavy atom. The van der Waals surface area contributed by atoms with Crippen molar-refractivity contribution < 1.29 is 23.4 Å². The van der Waals surface area contributed by atoms with Crippen LogP contribution in [0.3, 0.4) is 0 Å². The van der Waals surface area contributed by atoms with Crippen LogP contribution in [-0.4, -0.2) is 18.2 Å². The van der Waals surface area contributed by atoms with E-state index in [0.717, 1.165) is 0 Å². The van der Waals surface area contributed by atoms with Crippen LogP contribution in [0, 0.1) is 0 Å². The lowest BCUT2D eigenvalue weighted by molar-refractivity contribution is -0.136. The summed E-state index contributed by atoms with van der Waals surface area (Å²) in [7, 11) is 1.31. The summed E-state index contributed by atoms with van der Waals surface area (Å²) in [6.45, 7) is 0. The van der Waals surface area contributed by atoms with E-state index in [1.807, 2.05) is 0 Å². The van der Waals surface area contributed by atoms with Gasteiger partial charge in [-0.15, -0.1) is 0 Å². The van der Waals surface area contributed by atoms with E-state index in [0.29, 0.717) is 12.0 Å². The monoisotopic (exact) mass is 230 g/mol. The minimum atomic E-state index is -2.59.